The first-order valence-corrected chi connectivity index (χ1v) is 9.80. The Balaban J connectivity index is 1.81. The topological polar surface area (TPSA) is 78.0 Å². The van der Waals surface area contributed by atoms with Gasteiger partial charge < -0.3 is 20.7 Å². The maximum absolute atomic E-state index is 11.7. The van der Waals surface area contributed by atoms with Crippen molar-refractivity contribution < 1.29 is 9.53 Å². The van der Waals surface area contributed by atoms with Gasteiger partial charge in [0.25, 0.3) is 0 Å². The number of ether oxygens (including phenoxy) is 1. The Kier molecular flexibility index (Phi) is 9.07. The van der Waals surface area contributed by atoms with Crippen molar-refractivity contribution in [2.45, 2.75) is 27.3 Å². The van der Waals surface area contributed by atoms with Gasteiger partial charge in [-0.25, -0.2) is 4.99 Å². The molecule has 0 unspecified atom stereocenters. The largest absolute Gasteiger partial charge is 0.379 e. The van der Waals surface area contributed by atoms with Gasteiger partial charge in [-0.1, -0.05) is 26.0 Å². The normalized spacial score (nSPS) is 15.6. The van der Waals surface area contributed by atoms with E-state index in [0.717, 1.165) is 63.1 Å². The highest BCUT2D eigenvalue weighted by molar-refractivity contribution is 5.92. The van der Waals surface area contributed by atoms with Crippen LogP contribution in [0.25, 0.3) is 0 Å². The lowest BCUT2D eigenvalue weighted by Crippen LogP contribution is -2.44. The Labute approximate surface area is 162 Å². The number of guanidine groups is 1. The molecule has 7 nitrogen and oxygen atoms in total. The monoisotopic (exact) mass is 375 g/mol. The Morgan fingerprint density at radius 2 is 1.89 bits per heavy atom. The van der Waals surface area contributed by atoms with Crippen LogP contribution >= 0.6 is 0 Å². The third-order valence-corrected chi connectivity index (χ3v) is 4.33. The molecule has 1 aliphatic heterocycles. The molecule has 1 aliphatic rings. The van der Waals surface area contributed by atoms with Gasteiger partial charge >= 0.3 is 0 Å². The standard InChI is InChI=1S/C20H33N5O2/c1-4-21-20(22-9-10-25-11-13-27-14-12-25)23-15-17-5-7-18(8-6-17)24-19(26)16(2)3/h5-8,16H,4,9-15H2,1-3H3,(H,24,26)(H2,21,22,23). The van der Waals surface area contributed by atoms with Crippen LogP contribution in [0.5, 0.6) is 0 Å². The number of hydrogen-bond acceptors (Lipinski definition) is 4. The zero-order valence-corrected chi connectivity index (χ0v) is 16.8. The summed E-state index contributed by atoms with van der Waals surface area (Å²) in [6.07, 6.45) is 0. The summed E-state index contributed by atoms with van der Waals surface area (Å²) in [5, 5.41) is 9.57. The van der Waals surface area contributed by atoms with Crippen LogP contribution in [0.3, 0.4) is 0 Å². The molecule has 7 heteroatoms. The fourth-order valence-electron chi connectivity index (χ4n) is 2.65. The lowest BCUT2D eigenvalue weighted by molar-refractivity contribution is -0.118. The van der Waals surface area contributed by atoms with E-state index in [0.29, 0.717) is 6.54 Å². The van der Waals surface area contributed by atoms with Crippen LogP contribution in [-0.2, 0) is 16.1 Å². The van der Waals surface area contributed by atoms with Gasteiger partial charge in [-0.15, -0.1) is 0 Å². The molecule has 3 N–H and O–H groups in total. The van der Waals surface area contributed by atoms with E-state index >= 15 is 0 Å². The second-order valence-corrected chi connectivity index (χ2v) is 6.92. The third-order valence-electron chi connectivity index (χ3n) is 4.33. The molecule has 1 saturated heterocycles. The van der Waals surface area contributed by atoms with E-state index in [1.165, 1.54) is 0 Å². The van der Waals surface area contributed by atoms with Gasteiger partial charge in [-0.3, -0.25) is 9.69 Å². The molecule has 1 aromatic rings. The first kappa shape index (κ1) is 21.2. The molecule has 1 heterocycles. The van der Waals surface area contributed by atoms with Crippen LogP contribution in [0.1, 0.15) is 26.3 Å². The summed E-state index contributed by atoms with van der Waals surface area (Å²) in [7, 11) is 0. The number of carbonyl (C=O) groups excluding carboxylic acids is 1. The quantitative estimate of drug-likeness (QED) is 0.476. The number of nitrogens with zero attached hydrogens (tertiary/aromatic N) is 2. The van der Waals surface area contributed by atoms with Crippen molar-refractivity contribution in [3.63, 3.8) is 0 Å². The van der Waals surface area contributed by atoms with Gasteiger partial charge in [0, 0.05) is 44.3 Å². The van der Waals surface area contributed by atoms with Gasteiger partial charge in [0.15, 0.2) is 5.96 Å². The molecule has 2 rings (SSSR count). The first-order chi connectivity index (χ1) is 13.1. The molecule has 0 aliphatic carbocycles. The highest BCUT2D eigenvalue weighted by Crippen LogP contribution is 2.11. The maximum atomic E-state index is 11.7. The summed E-state index contributed by atoms with van der Waals surface area (Å²) in [5.74, 6) is 0.822. The number of morpholine rings is 1. The van der Waals surface area contributed by atoms with Gasteiger partial charge in [0.05, 0.1) is 19.8 Å². The molecule has 0 saturated carbocycles. The lowest BCUT2D eigenvalue weighted by Gasteiger charge is -2.26. The fourth-order valence-corrected chi connectivity index (χ4v) is 2.65. The van der Waals surface area contributed by atoms with Crippen molar-refractivity contribution in [2.24, 2.45) is 10.9 Å². The average Bonchev–Trinajstić information content (AvgIpc) is 2.68. The molecule has 0 bridgehead atoms. The molecule has 150 valence electrons. The Morgan fingerprint density at radius 3 is 2.52 bits per heavy atom. The van der Waals surface area contributed by atoms with E-state index in [1.54, 1.807) is 0 Å². The second kappa shape index (κ2) is 11.6. The van der Waals surface area contributed by atoms with Crippen molar-refractivity contribution >= 4 is 17.6 Å². The summed E-state index contributed by atoms with van der Waals surface area (Å²) in [4.78, 5) is 18.8. The van der Waals surface area contributed by atoms with Crippen LogP contribution in [-0.4, -0.2) is 62.7 Å². The number of hydrogen-bond donors (Lipinski definition) is 3. The second-order valence-electron chi connectivity index (χ2n) is 6.92. The summed E-state index contributed by atoms with van der Waals surface area (Å²) in [5.41, 5.74) is 1.92. The molecular formula is C20H33N5O2. The van der Waals surface area contributed by atoms with Crippen molar-refractivity contribution in [1.82, 2.24) is 15.5 Å². The zero-order valence-electron chi connectivity index (χ0n) is 16.8. The van der Waals surface area contributed by atoms with Crippen molar-refractivity contribution in [3.05, 3.63) is 29.8 Å². The summed E-state index contributed by atoms with van der Waals surface area (Å²) < 4.78 is 5.37. The minimum absolute atomic E-state index is 0.0273. The molecule has 1 aromatic carbocycles. The Morgan fingerprint density at radius 1 is 1.19 bits per heavy atom. The highest BCUT2D eigenvalue weighted by Gasteiger charge is 2.10. The molecule has 0 aromatic heterocycles. The maximum Gasteiger partial charge on any atom is 0.226 e. The van der Waals surface area contributed by atoms with Gasteiger partial charge in [0.2, 0.25) is 5.91 Å². The minimum atomic E-state index is -0.0273. The van der Waals surface area contributed by atoms with Crippen LogP contribution in [0.4, 0.5) is 5.69 Å². The summed E-state index contributed by atoms with van der Waals surface area (Å²) in [6.45, 7) is 12.7. The predicted octanol–water partition coefficient (Wildman–Crippen LogP) is 1.67. The highest BCUT2D eigenvalue weighted by atomic mass is 16.5. The van der Waals surface area contributed by atoms with Crippen molar-refractivity contribution in [2.75, 3.05) is 51.3 Å². The molecule has 1 amide bonds. The van der Waals surface area contributed by atoms with E-state index in [-0.39, 0.29) is 11.8 Å². The van der Waals surface area contributed by atoms with Crippen molar-refractivity contribution in [3.8, 4) is 0 Å². The summed E-state index contributed by atoms with van der Waals surface area (Å²) >= 11 is 0. The predicted molar refractivity (Wildman–Crippen MR) is 110 cm³/mol. The number of nitrogens with one attached hydrogen (secondary N) is 3. The van der Waals surface area contributed by atoms with Crippen LogP contribution in [0.2, 0.25) is 0 Å². The Hall–Kier alpha value is -2.12. The van der Waals surface area contributed by atoms with E-state index < -0.39 is 0 Å². The fraction of sp³-hybridized carbons (Fsp3) is 0.600. The van der Waals surface area contributed by atoms with E-state index in [4.69, 9.17) is 4.74 Å². The van der Waals surface area contributed by atoms with Crippen LogP contribution in [0, 0.1) is 5.92 Å². The van der Waals surface area contributed by atoms with Crippen LogP contribution < -0.4 is 16.0 Å². The van der Waals surface area contributed by atoms with Crippen LogP contribution in [0.15, 0.2) is 29.3 Å². The number of carbonyl (C=O) groups is 1. The SMILES string of the molecule is CCNC(=NCc1ccc(NC(=O)C(C)C)cc1)NCCN1CCOCC1. The number of rotatable bonds is 8. The summed E-state index contributed by atoms with van der Waals surface area (Å²) in [6, 6.07) is 7.83. The smallest absolute Gasteiger partial charge is 0.226 e. The average molecular weight is 376 g/mol. The van der Waals surface area contributed by atoms with E-state index in [9.17, 15) is 4.79 Å². The molecule has 27 heavy (non-hydrogen) atoms. The number of benzene rings is 1. The Bertz CT molecular complexity index is 595. The van der Waals surface area contributed by atoms with Gasteiger partial charge in [-0.2, -0.15) is 0 Å². The molecule has 0 spiro atoms. The zero-order chi connectivity index (χ0) is 19.5. The molecule has 0 radical (unpaired) electrons. The number of amides is 1. The van der Waals surface area contributed by atoms with Gasteiger partial charge in [0.1, 0.15) is 0 Å². The third kappa shape index (κ3) is 7.97. The number of aliphatic imine (C=N–C) groups is 1. The first-order valence-electron chi connectivity index (χ1n) is 9.80. The number of anilines is 1. The van der Waals surface area contributed by atoms with Crippen molar-refractivity contribution in [1.29, 1.82) is 0 Å². The molecule has 0 atom stereocenters. The molecular weight excluding hydrogens is 342 g/mol. The lowest BCUT2D eigenvalue weighted by atomic mass is 10.2. The van der Waals surface area contributed by atoms with Gasteiger partial charge in [-0.05, 0) is 24.6 Å². The minimum Gasteiger partial charge on any atom is -0.379 e. The molecule has 1 fully saturated rings. The van der Waals surface area contributed by atoms with E-state index in [2.05, 4.69) is 32.8 Å². The van der Waals surface area contributed by atoms with E-state index in [1.807, 2.05) is 38.1 Å².